The van der Waals surface area contributed by atoms with Gasteiger partial charge in [0.15, 0.2) is 0 Å². The van der Waals surface area contributed by atoms with Crippen LogP contribution in [0.1, 0.15) is 66.1 Å². The Morgan fingerprint density at radius 1 is 1.35 bits per heavy atom. The number of aromatic amines is 2. The van der Waals surface area contributed by atoms with Gasteiger partial charge in [-0.25, -0.2) is 0 Å². The Kier molecular flexibility index (Phi) is 4.18. The van der Waals surface area contributed by atoms with Gasteiger partial charge in [0.2, 0.25) is 0 Å². The van der Waals surface area contributed by atoms with Gasteiger partial charge in [0, 0.05) is 22.3 Å². The van der Waals surface area contributed by atoms with Crippen molar-refractivity contribution in [2.45, 2.75) is 45.1 Å². The molecule has 2 heterocycles. The molecular weight excluding hydrogens is 328 g/mol. The fourth-order valence-corrected chi connectivity index (χ4v) is 3.69. The molecule has 0 saturated heterocycles. The summed E-state index contributed by atoms with van der Waals surface area (Å²) in [6, 6.07) is 7.87. The number of hydrogen-bond donors (Lipinski definition) is 3. The Bertz CT molecular complexity index is 954. The van der Waals surface area contributed by atoms with Crippen LogP contribution in [0, 0.1) is 0 Å². The molecule has 0 bridgehead atoms. The fourth-order valence-electron chi connectivity index (χ4n) is 3.69. The van der Waals surface area contributed by atoms with Crippen molar-refractivity contribution in [3.8, 4) is 5.75 Å². The second-order valence-electron chi connectivity index (χ2n) is 7.21. The van der Waals surface area contributed by atoms with Crippen molar-refractivity contribution in [2.24, 2.45) is 0 Å². The Morgan fingerprint density at radius 3 is 2.92 bits per heavy atom. The van der Waals surface area contributed by atoms with Gasteiger partial charge >= 0.3 is 0 Å². The van der Waals surface area contributed by atoms with Gasteiger partial charge < -0.3 is 15.0 Å². The summed E-state index contributed by atoms with van der Waals surface area (Å²) in [5.41, 5.74) is 4.88. The average Bonchev–Trinajstić information content (AvgIpc) is 3.27. The monoisotopic (exact) mass is 352 g/mol. The van der Waals surface area contributed by atoms with Gasteiger partial charge in [0.25, 0.3) is 5.91 Å². The number of nitrogens with zero attached hydrogens (tertiary/aromatic N) is 1. The van der Waals surface area contributed by atoms with E-state index >= 15 is 0 Å². The highest BCUT2D eigenvalue weighted by Gasteiger charge is 2.26. The number of aromatic nitrogens is 3. The lowest BCUT2D eigenvalue weighted by Gasteiger charge is -2.23. The van der Waals surface area contributed by atoms with Gasteiger partial charge in [0.1, 0.15) is 11.4 Å². The van der Waals surface area contributed by atoms with E-state index in [1.165, 1.54) is 10.9 Å². The molecule has 0 spiro atoms. The van der Waals surface area contributed by atoms with E-state index < -0.39 is 0 Å². The van der Waals surface area contributed by atoms with Crippen LogP contribution < -0.4 is 10.1 Å². The van der Waals surface area contributed by atoms with Crippen molar-refractivity contribution < 1.29 is 9.53 Å². The van der Waals surface area contributed by atoms with Crippen LogP contribution >= 0.6 is 0 Å². The molecule has 1 amide bonds. The molecule has 0 fully saturated rings. The average molecular weight is 352 g/mol. The van der Waals surface area contributed by atoms with E-state index in [1.807, 2.05) is 18.2 Å². The second-order valence-corrected chi connectivity index (χ2v) is 7.21. The predicted octanol–water partition coefficient (Wildman–Crippen LogP) is 3.83. The number of ether oxygens (including phenoxy) is 1. The third kappa shape index (κ3) is 2.85. The van der Waals surface area contributed by atoms with Gasteiger partial charge in [-0.05, 0) is 55.0 Å². The maximum absolute atomic E-state index is 12.6. The van der Waals surface area contributed by atoms with Crippen molar-refractivity contribution >= 4 is 16.8 Å². The highest BCUT2D eigenvalue weighted by atomic mass is 16.5. The summed E-state index contributed by atoms with van der Waals surface area (Å²) in [6.45, 7) is 4.14. The van der Waals surface area contributed by atoms with Crippen molar-refractivity contribution in [3.05, 3.63) is 46.9 Å². The molecule has 136 valence electrons. The lowest BCUT2D eigenvalue weighted by atomic mass is 9.91. The quantitative estimate of drug-likeness (QED) is 0.667. The first-order chi connectivity index (χ1) is 12.6. The minimum atomic E-state index is -0.137. The molecule has 3 aromatic rings. The SMILES string of the molecule is COc1ccc2[nH]c3c(c2c1)CCC[C@H]3NC(=O)c1cc(C(C)C)[nH]n1. The lowest BCUT2D eigenvalue weighted by molar-refractivity contribution is 0.0927. The molecule has 4 rings (SSSR count). The van der Waals surface area contributed by atoms with Crippen molar-refractivity contribution in [1.82, 2.24) is 20.5 Å². The Morgan fingerprint density at radius 2 is 2.19 bits per heavy atom. The highest BCUT2D eigenvalue weighted by molar-refractivity contribution is 5.93. The van der Waals surface area contributed by atoms with Gasteiger partial charge in [-0.15, -0.1) is 0 Å². The van der Waals surface area contributed by atoms with Gasteiger partial charge in [-0.3, -0.25) is 9.89 Å². The number of H-pyrrole nitrogens is 2. The first kappa shape index (κ1) is 16.7. The number of carbonyl (C=O) groups is 1. The molecule has 2 aromatic heterocycles. The van der Waals surface area contributed by atoms with E-state index in [-0.39, 0.29) is 11.9 Å². The maximum atomic E-state index is 12.6. The fraction of sp³-hybridized carbons (Fsp3) is 0.400. The minimum Gasteiger partial charge on any atom is -0.497 e. The molecule has 1 aromatic carbocycles. The predicted molar refractivity (Wildman–Crippen MR) is 101 cm³/mol. The maximum Gasteiger partial charge on any atom is 0.272 e. The normalized spacial score (nSPS) is 16.7. The number of amides is 1. The minimum absolute atomic E-state index is 0.0242. The molecule has 3 N–H and O–H groups in total. The number of methoxy groups -OCH3 is 1. The van der Waals surface area contributed by atoms with Crippen molar-refractivity contribution in [1.29, 1.82) is 0 Å². The Balaban J connectivity index is 1.62. The molecular formula is C20H24N4O2. The van der Waals surface area contributed by atoms with Gasteiger partial charge in [-0.1, -0.05) is 13.8 Å². The van der Waals surface area contributed by atoms with E-state index in [4.69, 9.17) is 4.74 Å². The third-order valence-electron chi connectivity index (χ3n) is 5.17. The molecule has 1 aliphatic rings. The van der Waals surface area contributed by atoms with Crippen LogP contribution in [0.4, 0.5) is 0 Å². The molecule has 26 heavy (non-hydrogen) atoms. The van der Waals surface area contributed by atoms with E-state index in [2.05, 4.69) is 40.4 Å². The Labute approximate surface area is 152 Å². The zero-order valence-corrected chi connectivity index (χ0v) is 15.3. The smallest absolute Gasteiger partial charge is 0.272 e. The Hall–Kier alpha value is -2.76. The van der Waals surface area contributed by atoms with Crippen LogP contribution in [0.2, 0.25) is 0 Å². The molecule has 0 aliphatic heterocycles. The number of carbonyl (C=O) groups excluding carboxylic acids is 1. The van der Waals surface area contributed by atoms with E-state index in [1.54, 1.807) is 7.11 Å². The molecule has 0 radical (unpaired) electrons. The number of fused-ring (bicyclic) bond motifs is 3. The zero-order valence-electron chi connectivity index (χ0n) is 15.3. The van der Waals surface area contributed by atoms with Crippen LogP contribution in [0.25, 0.3) is 10.9 Å². The number of aryl methyl sites for hydroxylation is 1. The van der Waals surface area contributed by atoms with E-state index in [9.17, 15) is 4.79 Å². The summed E-state index contributed by atoms with van der Waals surface area (Å²) in [4.78, 5) is 16.1. The second kappa shape index (κ2) is 6.52. The number of nitrogens with one attached hydrogen (secondary N) is 3. The number of hydrogen-bond acceptors (Lipinski definition) is 3. The molecule has 0 saturated carbocycles. The van der Waals surface area contributed by atoms with E-state index in [0.29, 0.717) is 11.6 Å². The largest absolute Gasteiger partial charge is 0.497 e. The third-order valence-corrected chi connectivity index (χ3v) is 5.17. The van der Waals surface area contributed by atoms with Crippen LogP contribution in [0.5, 0.6) is 5.75 Å². The standard InChI is InChI=1S/C20H24N4O2/c1-11(2)17-10-18(24-23-17)20(25)22-16-6-4-5-13-14-9-12(26-3)7-8-15(14)21-19(13)16/h7-11,16,21H,4-6H2,1-3H3,(H,22,25)(H,23,24)/t16-/m1/s1. The molecule has 0 unspecified atom stereocenters. The van der Waals surface area contributed by atoms with Crippen LogP contribution in [-0.2, 0) is 6.42 Å². The number of benzene rings is 1. The van der Waals surface area contributed by atoms with Crippen LogP contribution in [0.15, 0.2) is 24.3 Å². The summed E-state index contributed by atoms with van der Waals surface area (Å²) >= 11 is 0. The summed E-state index contributed by atoms with van der Waals surface area (Å²) < 4.78 is 5.36. The number of rotatable bonds is 4. The van der Waals surface area contributed by atoms with Crippen molar-refractivity contribution in [2.75, 3.05) is 7.11 Å². The first-order valence-corrected chi connectivity index (χ1v) is 9.11. The summed E-state index contributed by atoms with van der Waals surface area (Å²) in [6.07, 6.45) is 2.97. The summed E-state index contributed by atoms with van der Waals surface area (Å²) in [7, 11) is 1.68. The van der Waals surface area contributed by atoms with Gasteiger partial charge in [-0.2, -0.15) is 5.10 Å². The van der Waals surface area contributed by atoms with E-state index in [0.717, 1.165) is 41.9 Å². The topological polar surface area (TPSA) is 82.8 Å². The molecule has 1 aliphatic carbocycles. The van der Waals surface area contributed by atoms with Crippen LogP contribution in [0.3, 0.4) is 0 Å². The van der Waals surface area contributed by atoms with Gasteiger partial charge in [0.05, 0.1) is 13.2 Å². The molecule has 1 atom stereocenters. The highest BCUT2D eigenvalue weighted by Crippen LogP contribution is 2.36. The first-order valence-electron chi connectivity index (χ1n) is 9.11. The summed E-state index contributed by atoms with van der Waals surface area (Å²) in [5.74, 6) is 1.03. The summed E-state index contributed by atoms with van der Waals surface area (Å²) in [5, 5.41) is 11.4. The zero-order chi connectivity index (χ0) is 18.3. The van der Waals surface area contributed by atoms with Crippen molar-refractivity contribution in [3.63, 3.8) is 0 Å². The lowest BCUT2D eigenvalue weighted by Crippen LogP contribution is -2.31. The molecule has 6 nitrogen and oxygen atoms in total. The van der Waals surface area contributed by atoms with Crippen LogP contribution in [-0.4, -0.2) is 28.2 Å². The molecule has 6 heteroatoms.